The Hall–Kier alpha value is -2.74. The van der Waals surface area contributed by atoms with Crippen LogP contribution in [0.4, 0.5) is 8.78 Å². The van der Waals surface area contributed by atoms with Gasteiger partial charge in [-0.15, -0.1) is 0 Å². The summed E-state index contributed by atoms with van der Waals surface area (Å²) in [7, 11) is 0. The quantitative estimate of drug-likeness (QED) is 0.445. The van der Waals surface area contributed by atoms with Crippen molar-refractivity contribution in [2.45, 2.75) is 44.4 Å². The van der Waals surface area contributed by atoms with Gasteiger partial charge in [0.1, 0.15) is 17.0 Å². The molecule has 2 aromatic rings. The molecule has 0 fully saturated rings. The van der Waals surface area contributed by atoms with Gasteiger partial charge in [0.25, 0.3) is 0 Å². The highest BCUT2D eigenvalue weighted by Gasteiger charge is 2.34. The molecule has 0 heterocycles. The summed E-state index contributed by atoms with van der Waals surface area (Å²) in [6.45, 7) is 2.13. The molecule has 27 heavy (non-hydrogen) atoms. The first-order valence-electron chi connectivity index (χ1n) is 9.11. The number of unbranched alkanes of at least 4 members (excludes halogenated alkanes) is 2. The maximum absolute atomic E-state index is 13.3. The maximum Gasteiger partial charge on any atom is 0.305 e. The van der Waals surface area contributed by atoms with Crippen LogP contribution in [0, 0.1) is 23.0 Å². The lowest BCUT2D eigenvalue weighted by Crippen LogP contribution is -2.26. The van der Waals surface area contributed by atoms with Gasteiger partial charge in [-0.3, -0.25) is 4.79 Å². The molecule has 0 aliphatic heterocycles. The number of halogens is 2. The van der Waals surface area contributed by atoms with Gasteiger partial charge in [-0.25, -0.2) is 8.78 Å². The number of benzene rings is 2. The van der Waals surface area contributed by atoms with Crippen molar-refractivity contribution in [3.8, 4) is 6.07 Å². The summed E-state index contributed by atoms with van der Waals surface area (Å²) in [5.74, 6) is -0.973. The zero-order chi connectivity index (χ0) is 19.7. The van der Waals surface area contributed by atoms with E-state index in [0.717, 1.165) is 6.42 Å². The second kappa shape index (κ2) is 9.82. The van der Waals surface area contributed by atoms with Gasteiger partial charge in [0.05, 0.1) is 12.7 Å². The lowest BCUT2D eigenvalue weighted by atomic mass is 9.72. The average molecular weight is 371 g/mol. The monoisotopic (exact) mass is 371 g/mol. The van der Waals surface area contributed by atoms with Gasteiger partial charge in [-0.05, 0) is 55.2 Å². The maximum atomic E-state index is 13.3. The standard InChI is InChI=1S/C22H23F2NO2/c1-2-27-21(26)6-4-3-5-15-22(16-25,17-7-11-19(23)12-8-17)18-9-13-20(24)14-10-18/h7-14H,2-6,15H2,1H3. The minimum atomic E-state index is -0.995. The number of carbonyl (C=O) groups is 1. The molecular formula is C22H23F2NO2. The fraction of sp³-hybridized carbons (Fsp3) is 0.364. The van der Waals surface area contributed by atoms with E-state index in [1.807, 2.05) is 0 Å². The predicted octanol–water partition coefficient (Wildman–Crippen LogP) is 5.29. The van der Waals surface area contributed by atoms with Crippen LogP contribution in [0.15, 0.2) is 48.5 Å². The van der Waals surface area contributed by atoms with Gasteiger partial charge < -0.3 is 4.74 Å². The number of hydrogen-bond donors (Lipinski definition) is 0. The summed E-state index contributed by atoms with van der Waals surface area (Å²) in [5.41, 5.74) is 0.345. The zero-order valence-corrected chi connectivity index (χ0v) is 15.4. The van der Waals surface area contributed by atoms with Crippen LogP contribution in [0.3, 0.4) is 0 Å². The van der Waals surface area contributed by atoms with Crippen molar-refractivity contribution in [2.24, 2.45) is 0 Å². The van der Waals surface area contributed by atoms with Crippen LogP contribution in [-0.4, -0.2) is 12.6 Å². The molecule has 0 spiro atoms. The molecule has 0 saturated heterocycles. The highest BCUT2D eigenvalue weighted by Crippen LogP contribution is 2.37. The first kappa shape index (κ1) is 20.6. The Labute approximate surface area is 158 Å². The van der Waals surface area contributed by atoms with E-state index in [9.17, 15) is 18.8 Å². The predicted molar refractivity (Wildman–Crippen MR) is 98.9 cm³/mol. The minimum absolute atomic E-state index is 0.221. The molecule has 0 aromatic heterocycles. The molecule has 142 valence electrons. The summed E-state index contributed by atoms with van der Waals surface area (Å²) in [6, 6.07) is 14.1. The van der Waals surface area contributed by atoms with Gasteiger partial charge in [-0.1, -0.05) is 37.1 Å². The van der Waals surface area contributed by atoms with Crippen LogP contribution in [0.25, 0.3) is 0 Å². The van der Waals surface area contributed by atoms with Crippen LogP contribution >= 0.6 is 0 Å². The van der Waals surface area contributed by atoms with Crippen molar-refractivity contribution in [3.63, 3.8) is 0 Å². The van der Waals surface area contributed by atoms with Gasteiger partial charge in [0, 0.05) is 6.42 Å². The lowest BCUT2D eigenvalue weighted by Gasteiger charge is -2.28. The molecular weight excluding hydrogens is 348 g/mol. The molecule has 0 aliphatic carbocycles. The van der Waals surface area contributed by atoms with Crippen molar-refractivity contribution < 1.29 is 18.3 Å². The molecule has 0 radical (unpaired) electrons. The fourth-order valence-corrected chi connectivity index (χ4v) is 3.18. The Bertz CT molecular complexity index is 734. The highest BCUT2D eigenvalue weighted by atomic mass is 19.1. The van der Waals surface area contributed by atoms with Crippen LogP contribution in [0.1, 0.15) is 50.2 Å². The molecule has 0 aliphatic rings. The Morgan fingerprint density at radius 3 is 1.93 bits per heavy atom. The minimum Gasteiger partial charge on any atom is -0.466 e. The molecule has 0 atom stereocenters. The smallest absolute Gasteiger partial charge is 0.305 e. The third-order valence-corrected chi connectivity index (χ3v) is 4.60. The second-order valence-electron chi connectivity index (χ2n) is 6.40. The SMILES string of the molecule is CCOC(=O)CCCCCC(C#N)(c1ccc(F)cc1)c1ccc(F)cc1. The number of esters is 1. The van der Waals surface area contributed by atoms with E-state index in [4.69, 9.17) is 4.74 Å². The zero-order valence-electron chi connectivity index (χ0n) is 15.4. The lowest BCUT2D eigenvalue weighted by molar-refractivity contribution is -0.143. The first-order chi connectivity index (χ1) is 13.0. The van der Waals surface area contributed by atoms with Crippen molar-refractivity contribution in [1.82, 2.24) is 0 Å². The van der Waals surface area contributed by atoms with E-state index in [1.165, 1.54) is 24.3 Å². The highest BCUT2D eigenvalue weighted by molar-refractivity contribution is 5.69. The number of carbonyl (C=O) groups excluding carboxylic acids is 1. The number of hydrogen-bond acceptors (Lipinski definition) is 3. The van der Waals surface area contributed by atoms with Gasteiger partial charge in [0.2, 0.25) is 0 Å². The third-order valence-electron chi connectivity index (χ3n) is 4.60. The van der Waals surface area contributed by atoms with Gasteiger partial charge >= 0.3 is 5.97 Å². The van der Waals surface area contributed by atoms with E-state index in [1.54, 1.807) is 31.2 Å². The van der Waals surface area contributed by atoms with E-state index < -0.39 is 5.41 Å². The van der Waals surface area contributed by atoms with Crippen molar-refractivity contribution in [3.05, 3.63) is 71.3 Å². The fourth-order valence-electron chi connectivity index (χ4n) is 3.18. The summed E-state index contributed by atoms with van der Waals surface area (Å²) < 4.78 is 31.6. The van der Waals surface area contributed by atoms with Crippen molar-refractivity contribution in [2.75, 3.05) is 6.61 Å². The number of nitrogens with zero attached hydrogens (tertiary/aromatic N) is 1. The van der Waals surface area contributed by atoms with Crippen LogP contribution in [0.5, 0.6) is 0 Å². The molecule has 0 N–H and O–H groups in total. The number of nitriles is 1. The Morgan fingerprint density at radius 1 is 0.963 bits per heavy atom. The Balaban J connectivity index is 2.17. The Kier molecular flexibility index (Phi) is 7.48. The molecule has 2 aromatic carbocycles. The topological polar surface area (TPSA) is 50.1 Å². The molecule has 0 bridgehead atoms. The molecule has 0 unspecified atom stereocenters. The van der Waals surface area contributed by atoms with Gasteiger partial charge in [0.15, 0.2) is 0 Å². The molecule has 0 amide bonds. The summed E-state index contributed by atoms with van der Waals surface area (Å²) in [6.07, 6.45) is 2.96. The molecule has 3 nitrogen and oxygen atoms in total. The Morgan fingerprint density at radius 2 is 1.48 bits per heavy atom. The van der Waals surface area contributed by atoms with Crippen LogP contribution < -0.4 is 0 Å². The summed E-state index contributed by atoms with van der Waals surface area (Å²) in [5, 5.41) is 10.0. The van der Waals surface area contributed by atoms with Crippen LogP contribution in [0.2, 0.25) is 0 Å². The number of ether oxygens (including phenoxy) is 1. The molecule has 5 heteroatoms. The first-order valence-corrected chi connectivity index (χ1v) is 9.11. The van der Waals surface area contributed by atoms with E-state index in [0.29, 0.717) is 43.4 Å². The number of rotatable bonds is 9. The molecule has 2 rings (SSSR count). The second-order valence-corrected chi connectivity index (χ2v) is 6.40. The van der Waals surface area contributed by atoms with E-state index >= 15 is 0 Å². The van der Waals surface area contributed by atoms with Crippen LogP contribution in [-0.2, 0) is 14.9 Å². The van der Waals surface area contributed by atoms with E-state index in [-0.39, 0.29) is 17.6 Å². The average Bonchev–Trinajstić information content (AvgIpc) is 2.67. The normalized spacial score (nSPS) is 11.0. The summed E-state index contributed by atoms with van der Waals surface area (Å²) >= 11 is 0. The largest absolute Gasteiger partial charge is 0.466 e. The van der Waals surface area contributed by atoms with Crippen molar-refractivity contribution in [1.29, 1.82) is 5.26 Å². The van der Waals surface area contributed by atoms with Crippen molar-refractivity contribution >= 4 is 5.97 Å². The van der Waals surface area contributed by atoms with Gasteiger partial charge in [-0.2, -0.15) is 5.26 Å². The third kappa shape index (κ3) is 5.37. The molecule has 0 saturated carbocycles. The van der Waals surface area contributed by atoms with E-state index in [2.05, 4.69) is 6.07 Å². The summed E-state index contributed by atoms with van der Waals surface area (Å²) in [4.78, 5) is 11.4.